The Morgan fingerprint density at radius 2 is 1.95 bits per heavy atom. The van der Waals surface area contributed by atoms with E-state index in [1.54, 1.807) is 12.1 Å². The van der Waals surface area contributed by atoms with Crippen LogP contribution in [0.4, 0.5) is 4.39 Å². The van der Waals surface area contributed by atoms with Crippen molar-refractivity contribution >= 4 is 5.91 Å². The topological polar surface area (TPSA) is 32.3 Å². The Kier molecular flexibility index (Phi) is 7.98. The number of amides is 1. The third-order valence-electron chi connectivity index (χ3n) is 3.84. The highest BCUT2D eigenvalue weighted by Gasteiger charge is 2.11. The lowest BCUT2D eigenvalue weighted by atomic mass is 10.1. The first-order valence-corrected chi connectivity index (χ1v) is 7.82. The molecule has 0 bridgehead atoms. The monoisotopic (exact) mass is 294 g/mol. The molecule has 118 valence electrons. The van der Waals surface area contributed by atoms with E-state index in [2.05, 4.69) is 31.0 Å². The molecule has 1 aromatic rings. The maximum atomic E-state index is 13.4. The first-order chi connectivity index (χ1) is 10.1. The van der Waals surface area contributed by atoms with Crippen LogP contribution in [0.3, 0.4) is 0 Å². The van der Waals surface area contributed by atoms with E-state index >= 15 is 0 Å². The van der Waals surface area contributed by atoms with Gasteiger partial charge in [0.15, 0.2) is 0 Å². The summed E-state index contributed by atoms with van der Waals surface area (Å²) < 4.78 is 13.4. The molecular weight excluding hydrogens is 267 g/mol. The summed E-state index contributed by atoms with van der Waals surface area (Å²) in [6, 6.07) is 7.08. The summed E-state index contributed by atoms with van der Waals surface area (Å²) in [6.07, 6.45) is 1.72. The van der Waals surface area contributed by atoms with Crippen LogP contribution in [0.5, 0.6) is 0 Å². The Hall–Kier alpha value is -1.42. The maximum absolute atomic E-state index is 13.4. The van der Waals surface area contributed by atoms with Crippen molar-refractivity contribution in [3.8, 4) is 0 Å². The molecule has 1 atom stereocenters. The summed E-state index contributed by atoms with van der Waals surface area (Å²) >= 11 is 0. The average Bonchev–Trinajstić information content (AvgIpc) is 2.48. The first-order valence-electron chi connectivity index (χ1n) is 7.82. The zero-order chi connectivity index (χ0) is 15.7. The molecule has 1 amide bonds. The molecule has 1 rings (SSSR count). The Morgan fingerprint density at radius 3 is 2.57 bits per heavy atom. The molecule has 4 heteroatoms. The van der Waals surface area contributed by atoms with Crippen molar-refractivity contribution in [1.82, 2.24) is 10.2 Å². The number of aryl methyl sites for hydroxylation is 1. The van der Waals surface area contributed by atoms with Crippen molar-refractivity contribution in [3.63, 3.8) is 0 Å². The number of nitrogens with one attached hydrogen (secondary N) is 1. The van der Waals surface area contributed by atoms with Crippen molar-refractivity contribution in [2.75, 3.05) is 19.6 Å². The van der Waals surface area contributed by atoms with Crippen LogP contribution in [-0.2, 0) is 11.2 Å². The van der Waals surface area contributed by atoms with Crippen molar-refractivity contribution < 1.29 is 9.18 Å². The number of benzene rings is 1. The molecule has 0 heterocycles. The molecule has 0 radical (unpaired) electrons. The van der Waals surface area contributed by atoms with Crippen molar-refractivity contribution in [3.05, 3.63) is 35.6 Å². The lowest BCUT2D eigenvalue weighted by Gasteiger charge is -2.26. The number of hydrogen-bond acceptors (Lipinski definition) is 2. The molecule has 0 aliphatic rings. The van der Waals surface area contributed by atoms with Gasteiger partial charge < -0.3 is 5.32 Å². The van der Waals surface area contributed by atoms with Crippen molar-refractivity contribution in [1.29, 1.82) is 0 Å². The molecule has 0 aliphatic heterocycles. The number of rotatable bonds is 9. The van der Waals surface area contributed by atoms with E-state index in [1.165, 1.54) is 6.07 Å². The van der Waals surface area contributed by atoms with Gasteiger partial charge in [-0.25, -0.2) is 4.39 Å². The van der Waals surface area contributed by atoms with Gasteiger partial charge in [0.25, 0.3) is 0 Å². The zero-order valence-corrected chi connectivity index (χ0v) is 13.4. The van der Waals surface area contributed by atoms with Gasteiger partial charge in [0, 0.05) is 19.0 Å². The van der Waals surface area contributed by atoms with Gasteiger partial charge in [0.2, 0.25) is 5.91 Å². The van der Waals surface area contributed by atoms with Crippen LogP contribution in [0.25, 0.3) is 0 Å². The standard InChI is InChI=1S/C17H27FN2O/c1-4-20(5-2)14(3)13-19-17(21)12-8-10-15-9-6-7-11-16(15)18/h6-7,9,11,14H,4-5,8,10,12-13H2,1-3H3,(H,19,21). The van der Waals surface area contributed by atoms with Crippen molar-refractivity contribution in [2.24, 2.45) is 0 Å². The molecule has 0 aromatic heterocycles. The van der Waals surface area contributed by atoms with Gasteiger partial charge >= 0.3 is 0 Å². The third kappa shape index (κ3) is 6.25. The molecule has 1 unspecified atom stereocenters. The number of carbonyl (C=O) groups excluding carboxylic acids is 1. The third-order valence-corrected chi connectivity index (χ3v) is 3.84. The molecule has 0 saturated carbocycles. The molecule has 0 saturated heterocycles. The summed E-state index contributed by atoms with van der Waals surface area (Å²) in [5, 5.41) is 2.96. The first kappa shape index (κ1) is 17.6. The molecule has 21 heavy (non-hydrogen) atoms. The minimum absolute atomic E-state index is 0.0466. The second kappa shape index (κ2) is 9.50. The summed E-state index contributed by atoms with van der Waals surface area (Å²) in [4.78, 5) is 14.1. The second-order valence-electron chi connectivity index (χ2n) is 5.32. The summed E-state index contributed by atoms with van der Waals surface area (Å²) in [7, 11) is 0. The smallest absolute Gasteiger partial charge is 0.220 e. The van der Waals surface area contributed by atoms with Crippen LogP contribution < -0.4 is 5.32 Å². The van der Waals surface area contributed by atoms with E-state index in [0.717, 1.165) is 13.1 Å². The Bertz CT molecular complexity index is 433. The number of hydrogen-bond donors (Lipinski definition) is 1. The van der Waals surface area contributed by atoms with Crippen LogP contribution in [0.15, 0.2) is 24.3 Å². The van der Waals surface area contributed by atoms with E-state index in [-0.39, 0.29) is 11.7 Å². The second-order valence-corrected chi connectivity index (χ2v) is 5.32. The highest BCUT2D eigenvalue weighted by atomic mass is 19.1. The largest absolute Gasteiger partial charge is 0.355 e. The predicted octanol–water partition coefficient (Wildman–Crippen LogP) is 2.99. The minimum Gasteiger partial charge on any atom is -0.355 e. The fraction of sp³-hybridized carbons (Fsp3) is 0.588. The molecule has 0 spiro atoms. The fourth-order valence-electron chi connectivity index (χ4n) is 2.47. The molecule has 0 aliphatic carbocycles. The summed E-state index contributed by atoms with van der Waals surface area (Å²) in [5.74, 6) is -0.140. The van der Waals surface area contributed by atoms with Gasteiger partial charge in [0.05, 0.1) is 0 Å². The van der Waals surface area contributed by atoms with Gasteiger partial charge in [-0.3, -0.25) is 9.69 Å². The Balaban J connectivity index is 2.24. The molecule has 3 nitrogen and oxygen atoms in total. The predicted molar refractivity (Wildman–Crippen MR) is 84.7 cm³/mol. The van der Waals surface area contributed by atoms with Crippen LogP contribution >= 0.6 is 0 Å². The van der Waals surface area contributed by atoms with E-state index < -0.39 is 0 Å². The van der Waals surface area contributed by atoms with Gasteiger partial charge in [-0.2, -0.15) is 0 Å². The number of likely N-dealkylation sites (N-methyl/N-ethyl adjacent to an activating group) is 1. The Morgan fingerprint density at radius 1 is 1.29 bits per heavy atom. The van der Waals surface area contributed by atoms with E-state index in [1.807, 2.05) is 6.07 Å². The van der Waals surface area contributed by atoms with Crippen LogP contribution in [-0.4, -0.2) is 36.5 Å². The van der Waals surface area contributed by atoms with Crippen LogP contribution in [0, 0.1) is 5.82 Å². The van der Waals surface area contributed by atoms with E-state index in [0.29, 0.717) is 37.4 Å². The highest BCUT2D eigenvalue weighted by molar-refractivity contribution is 5.75. The quantitative estimate of drug-likeness (QED) is 0.759. The minimum atomic E-state index is -0.187. The van der Waals surface area contributed by atoms with Crippen molar-refractivity contribution in [2.45, 2.75) is 46.1 Å². The van der Waals surface area contributed by atoms with E-state index in [9.17, 15) is 9.18 Å². The number of nitrogens with zero attached hydrogens (tertiary/aromatic N) is 1. The van der Waals surface area contributed by atoms with Gasteiger partial charge in [-0.1, -0.05) is 32.0 Å². The molecular formula is C17H27FN2O. The lowest BCUT2D eigenvalue weighted by Crippen LogP contribution is -2.41. The highest BCUT2D eigenvalue weighted by Crippen LogP contribution is 2.10. The maximum Gasteiger partial charge on any atom is 0.220 e. The fourth-order valence-corrected chi connectivity index (χ4v) is 2.47. The van der Waals surface area contributed by atoms with Crippen LogP contribution in [0.2, 0.25) is 0 Å². The number of halogens is 1. The lowest BCUT2D eigenvalue weighted by molar-refractivity contribution is -0.121. The number of carbonyl (C=O) groups is 1. The summed E-state index contributed by atoms with van der Waals surface area (Å²) in [5.41, 5.74) is 0.682. The normalized spacial score (nSPS) is 12.4. The summed E-state index contributed by atoms with van der Waals surface area (Å²) in [6.45, 7) is 9.00. The average molecular weight is 294 g/mol. The molecule has 1 aromatic carbocycles. The van der Waals surface area contributed by atoms with Crippen LogP contribution in [0.1, 0.15) is 39.2 Å². The molecule has 1 N–H and O–H groups in total. The van der Waals surface area contributed by atoms with E-state index in [4.69, 9.17) is 0 Å². The molecule has 0 fully saturated rings. The SMILES string of the molecule is CCN(CC)C(C)CNC(=O)CCCc1ccccc1F. The van der Waals surface area contributed by atoms with Gasteiger partial charge in [0.1, 0.15) is 5.82 Å². The Labute approximate surface area is 127 Å². The zero-order valence-electron chi connectivity index (χ0n) is 13.4. The van der Waals surface area contributed by atoms with Gasteiger partial charge in [-0.05, 0) is 44.5 Å². The van der Waals surface area contributed by atoms with Gasteiger partial charge in [-0.15, -0.1) is 0 Å².